The molecule has 0 aliphatic carbocycles. The fourth-order valence-electron chi connectivity index (χ4n) is 2.45. The Labute approximate surface area is 147 Å². The Morgan fingerprint density at radius 3 is 2.92 bits per heavy atom. The van der Waals surface area contributed by atoms with Crippen LogP contribution in [0.1, 0.15) is 12.6 Å². The number of carbonyl (C=O) groups is 3. The number of fused-ring (bicyclic) bond motifs is 1. The van der Waals surface area contributed by atoms with Crippen LogP contribution in [-0.2, 0) is 20.8 Å². The van der Waals surface area contributed by atoms with Gasteiger partial charge in [-0.05, 0) is 19.1 Å². The van der Waals surface area contributed by atoms with Crippen LogP contribution in [0.4, 0.5) is 10.8 Å². The molecule has 1 aromatic heterocycles. The van der Waals surface area contributed by atoms with E-state index in [2.05, 4.69) is 10.3 Å². The van der Waals surface area contributed by atoms with Crippen molar-refractivity contribution in [2.45, 2.75) is 19.4 Å². The first-order valence-electron chi connectivity index (χ1n) is 7.53. The number of rotatable bonds is 5. The number of hydrogen-bond donors (Lipinski definition) is 2. The Bertz CT molecular complexity index is 835. The lowest BCUT2D eigenvalue weighted by Crippen LogP contribution is -2.47. The van der Waals surface area contributed by atoms with Gasteiger partial charge >= 0.3 is 0 Å². The molecular formula is C16H16N4O4S. The summed E-state index contributed by atoms with van der Waals surface area (Å²) in [7, 11) is 0. The second kappa shape index (κ2) is 6.89. The summed E-state index contributed by atoms with van der Waals surface area (Å²) in [5, 5.41) is 4.63. The van der Waals surface area contributed by atoms with Gasteiger partial charge in [0.15, 0.2) is 11.2 Å². The molecule has 0 bridgehead atoms. The average molecular weight is 360 g/mol. The maximum atomic E-state index is 12.4. The van der Waals surface area contributed by atoms with Crippen LogP contribution in [0.15, 0.2) is 29.6 Å². The van der Waals surface area contributed by atoms with E-state index in [4.69, 9.17) is 10.5 Å². The number of amides is 3. The zero-order valence-electron chi connectivity index (χ0n) is 13.4. The van der Waals surface area contributed by atoms with Crippen molar-refractivity contribution >= 4 is 39.9 Å². The van der Waals surface area contributed by atoms with Gasteiger partial charge in [-0.1, -0.05) is 12.1 Å². The van der Waals surface area contributed by atoms with Crippen molar-refractivity contribution in [2.75, 3.05) is 16.8 Å². The van der Waals surface area contributed by atoms with Gasteiger partial charge in [0.25, 0.3) is 5.91 Å². The quantitative estimate of drug-likeness (QED) is 0.823. The first-order chi connectivity index (χ1) is 11.9. The molecule has 0 saturated heterocycles. The van der Waals surface area contributed by atoms with E-state index in [9.17, 15) is 14.4 Å². The van der Waals surface area contributed by atoms with Crippen molar-refractivity contribution in [3.05, 3.63) is 35.3 Å². The number of ether oxygens (including phenoxy) is 1. The number of aromatic nitrogens is 1. The largest absolute Gasteiger partial charge is 0.479 e. The van der Waals surface area contributed by atoms with Crippen molar-refractivity contribution in [1.82, 2.24) is 4.98 Å². The zero-order valence-corrected chi connectivity index (χ0v) is 14.2. The summed E-state index contributed by atoms with van der Waals surface area (Å²) in [6.07, 6.45) is -0.649. The van der Waals surface area contributed by atoms with Crippen LogP contribution < -0.4 is 20.7 Å². The molecule has 3 rings (SSSR count). The predicted octanol–water partition coefficient (Wildman–Crippen LogP) is 0.923. The van der Waals surface area contributed by atoms with Crippen molar-refractivity contribution in [2.24, 2.45) is 5.73 Å². The van der Waals surface area contributed by atoms with Gasteiger partial charge < -0.3 is 15.8 Å². The lowest BCUT2D eigenvalue weighted by atomic mass is 10.2. The number of hydrogen-bond acceptors (Lipinski definition) is 6. The van der Waals surface area contributed by atoms with Gasteiger partial charge in [-0.3, -0.25) is 19.3 Å². The summed E-state index contributed by atoms with van der Waals surface area (Å²) in [5.41, 5.74) is 6.16. The van der Waals surface area contributed by atoms with Gasteiger partial charge in [0, 0.05) is 5.38 Å². The van der Waals surface area contributed by atoms with E-state index >= 15 is 0 Å². The second-order valence-electron chi connectivity index (χ2n) is 5.49. The van der Waals surface area contributed by atoms with Crippen LogP contribution in [0.25, 0.3) is 0 Å². The van der Waals surface area contributed by atoms with Crippen molar-refractivity contribution in [3.8, 4) is 5.75 Å². The first-order valence-corrected chi connectivity index (χ1v) is 8.41. The van der Waals surface area contributed by atoms with Crippen LogP contribution >= 0.6 is 11.3 Å². The maximum absolute atomic E-state index is 12.4. The molecule has 1 atom stereocenters. The number of carbonyl (C=O) groups excluding carboxylic acids is 3. The number of anilines is 2. The van der Waals surface area contributed by atoms with Gasteiger partial charge in [-0.25, -0.2) is 4.98 Å². The molecule has 0 saturated carbocycles. The van der Waals surface area contributed by atoms with Gasteiger partial charge in [-0.15, -0.1) is 11.3 Å². The third-order valence-electron chi connectivity index (χ3n) is 3.53. The monoisotopic (exact) mass is 360 g/mol. The summed E-state index contributed by atoms with van der Waals surface area (Å²) in [6.45, 7) is 1.48. The van der Waals surface area contributed by atoms with E-state index in [1.54, 1.807) is 36.6 Å². The number of nitrogens with two attached hydrogens (primary N) is 1. The fourth-order valence-corrected chi connectivity index (χ4v) is 3.17. The standard InChI is InChI=1S/C16H16N4O4S/c1-9-15(23)20(11-4-2-3-5-12(11)24-9)7-14(22)19-16-18-10(8-25-16)6-13(17)21/h2-5,8-9H,6-7H2,1H3,(H2,17,21)(H,18,19,22)/t9-/m0/s1. The molecule has 9 heteroatoms. The van der Waals surface area contributed by atoms with Crippen LogP contribution in [0.3, 0.4) is 0 Å². The molecule has 2 heterocycles. The number of nitrogens with one attached hydrogen (secondary N) is 1. The molecule has 3 amide bonds. The van der Waals surface area contributed by atoms with Crippen LogP contribution in [0, 0.1) is 0 Å². The van der Waals surface area contributed by atoms with Crippen molar-refractivity contribution < 1.29 is 19.1 Å². The minimum absolute atomic E-state index is 0.0131. The summed E-state index contributed by atoms with van der Waals surface area (Å²) in [5.74, 6) is -0.618. The molecule has 0 unspecified atom stereocenters. The number of nitrogens with zero attached hydrogens (tertiary/aromatic N) is 2. The smallest absolute Gasteiger partial charge is 0.268 e. The van der Waals surface area contributed by atoms with Crippen LogP contribution in [0.5, 0.6) is 5.75 Å². The zero-order chi connectivity index (χ0) is 18.0. The molecular weight excluding hydrogens is 344 g/mol. The first kappa shape index (κ1) is 16.9. The van der Waals surface area contributed by atoms with Gasteiger partial charge in [0.05, 0.1) is 17.8 Å². The third-order valence-corrected chi connectivity index (χ3v) is 4.34. The van der Waals surface area contributed by atoms with Crippen molar-refractivity contribution in [1.29, 1.82) is 0 Å². The maximum Gasteiger partial charge on any atom is 0.268 e. The molecule has 8 nitrogen and oxygen atoms in total. The Morgan fingerprint density at radius 1 is 1.40 bits per heavy atom. The van der Waals surface area contributed by atoms with E-state index in [-0.39, 0.29) is 18.9 Å². The second-order valence-corrected chi connectivity index (χ2v) is 6.35. The lowest BCUT2D eigenvalue weighted by molar-refractivity contribution is -0.127. The van der Waals surface area contributed by atoms with E-state index in [0.29, 0.717) is 22.3 Å². The number of primary amides is 1. The number of benzene rings is 1. The SMILES string of the molecule is C[C@@H]1Oc2ccccc2N(CC(=O)Nc2nc(CC(N)=O)cs2)C1=O. The molecule has 0 fully saturated rings. The van der Waals surface area contributed by atoms with Gasteiger partial charge in [-0.2, -0.15) is 0 Å². The Hall–Kier alpha value is -2.94. The molecule has 0 spiro atoms. The van der Waals surface area contributed by atoms with E-state index in [0.717, 1.165) is 0 Å². The van der Waals surface area contributed by atoms with E-state index < -0.39 is 17.9 Å². The molecule has 3 N–H and O–H groups in total. The normalized spacial score (nSPS) is 16.1. The topological polar surface area (TPSA) is 115 Å². The summed E-state index contributed by atoms with van der Waals surface area (Å²) >= 11 is 1.19. The highest BCUT2D eigenvalue weighted by molar-refractivity contribution is 7.13. The molecule has 1 aliphatic heterocycles. The van der Waals surface area contributed by atoms with Crippen molar-refractivity contribution in [3.63, 3.8) is 0 Å². The summed E-state index contributed by atoms with van der Waals surface area (Å²) in [4.78, 5) is 41.1. The van der Waals surface area contributed by atoms with Crippen LogP contribution in [-0.4, -0.2) is 35.4 Å². The molecule has 1 aliphatic rings. The Morgan fingerprint density at radius 2 is 2.16 bits per heavy atom. The predicted molar refractivity (Wildman–Crippen MR) is 92.5 cm³/mol. The molecule has 25 heavy (non-hydrogen) atoms. The van der Waals surface area contributed by atoms with Crippen LogP contribution in [0.2, 0.25) is 0 Å². The lowest BCUT2D eigenvalue weighted by Gasteiger charge is -2.32. The van der Waals surface area contributed by atoms with E-state index in [1.165, 1.54) is 16.2 Å². The highest BCUT2D eigenvalue weighted by atomic mass is 32.1. The highest BCUT2D eigenvalue weighted by Gasteiger charge is 2.32. The minimum atomic E-state index is -0.662. The third kappa shape index (κ3) is 3.77. The number of thiazole rings is 1. The summed E-state index contributed by atoms with van der Waals surface area (Å²) in [6, 6.07) is 7.05. The van der Waals surface area contributed by atoms with Gasteiger partial charge in [0.2, 0.25) is 11.8 Å². The highest BCUT2D eigenvalue weighted by Crippen LogP contribution is 2.33. The van der Waals surface area contributed by atoms with E-state index in [1.807, 2.05) is 0 Å². The Kier molecular flexibility index (Phi) is 4.66. The van der Waals surface area contributed by atoms with Gasteiger partial charge in [0.1, 0.15) is 12.3 Å². The minimum Gasteiger partial charge on any atom is -0.479 e. The fraction of sp³-hybridized carbons (Fsp3) is 0.250. The molecule has 130 valence electrons. The summed E-state index contributed by atoms with van der Waals surface area (Å²) < 4.78 is 5.54. The average Bonchev–Trinajstić information content (AvgIpc) is 2.97. The molecule has 2 aromatic rings. The number of para-hydroxylation sites is 2. The molecule has 1 aromatic carbocycles. The Balaban J connectivity index is 1.71. The molecule has 0 radical (unpaired) electrons.